The van der Waals surface area contributed by atoms with Crippen LogP contribution in [0.5, 0.6) is 5.75 Å². The molecule has 4 nitrogen and oxygen atoms in total. The first-order valence-electron chi connectivity index (χ1n) is 7.14. The monoisotopic (exact) mass is 292 g/mol. The van der Waals surface area contributed by atoms with Gasteiger partial charge in [0.05, 0.1) is 13.2 Å². The number of aromatic hydroxyl groups is 1. The summed E-state index contributed by atoms with van der Waals surface area (Å²) in [6, 6.07) is 6.96. The van der Waals surface area contributed by atoms with Gasteiger partial charge in [-0.05, 0) is 30.5 Å². The van der Waals surface area contributed by atoms with Crippen molar-refractivity contribution in [3.05, 3.63) is 42.0 Å². The molecule has 0 aliphatic rings. The van der Waals surface area contributed by atoms with Crippen LogP contribution in [0.15, 0.2) is 36.4 Å². The van der Waals surface area contributed by atoms with Crippen molar-refractivity contribution >= 4 is 5.97 Å². The average Bonchev–Trinajstić information content (AvgIpc) is 2.40. The van der Waals surface area contributed by atoms with Crippen LogP contribution in [0.1, 0.15) is 38.7 Å². The highest BCUT2D eigenvalue weighted by atomic mass is 16.5. The maximum atomic E-state index is 10.4. The Labute approximate surface area is 126 Å². The van der Waals surface area contributed by atoms with E-state index in [1.54, 1.807) is 12.1 Å². The fourth-order valence-corrected chi connectivity index (χ4v) is 1.85. The summed E-state index contributed by atoms with van der Waals surface area (Å²) in [7, 11) is 0. The zero-order valence-corrected chi connectivity index (χ0v) is 12.7. The highest BCUT2D eigenvalue weighted by Gasteiger charge is 2.13. The molecule has 0 atom stereocenters. The van der Waals surface area contributed by atoms with Crippen LogP contribution in [0.25, 0.3) is 0 Å². The van der Waals surface area contributed by atoms with Gasteiger partial charge in [-0.15, -0.1) is 0 Å². The number of unbranched alkanes of at least 4 members (excludes halogenated alkanes) is 1. The Bertz CT molecular complexity index is 460. The molecule has 1 rings (SSSR count). The van der Waals surface area contributed by atoms with E-state index in [0.717, 1.165) is 12.0 Å². The fourth-order valence-electron chi connectivity index (χ4n) is 1.85. The van der Waals surface area contributed by atoms with Gasteiger partial charge in [0.2, 0.25) is 0 Å². The quantitative estimate of drug-likeness (QED) is 0.537. The molecule has 4 heteroatoms. The Kier molecular flexibility index (Phi) is 6.96. The van der Waals surface area contributed by atoms with Gasteiger partial charge in [0.1, 0.15) is 5.75 Å². The molecule has 1 aromatic rings. The first-order valence-corrected chi connectivity index (χ1v) is 7.14. The Hall–Kier alpha value is -1.81. The predicted octanol–water partition coefficient (Wildman–Crippen LogP) is 3.75. The number of hydrogen-bond acceptors (Lipinski definition) is 3. The third-order valence-electron chi connectivity index (χ3n) is 3.01. The van der Waals surface area contributed by atoms with E-state index >= 15 is 0 Å². The Morgan fingerprint density at radius 2 is 1.95 bits per heavy atom. The largest absolute Gasteiger partial charge is 0.508 e. The highest BCUT2D eigenvalue weighted by Crippen LogP contribution is 2.19. The van der Waals surface area contributed by atoms with Gasteiger partial charge in [-0.1, -0.05) is 38.1 Å². The Morgan fingerprint density at radius 1 is 1.29 bits per heavy atom. The molecule has 0 aliphatic carbocycles. The molecule has 0 amide bonds. The lowest BCUT2D eigenvalue weighted by atomic mass is 9.93. The zero-order valence-electron chi connectivity index (χ0n) is 12.7. The van der Waals surface area contributed by atoms with Crippen molar-refractivity contribution in [2.75, 3.05) is 6.61 Å². The van der Waals surface area contributed by atoms with Crippen molar-refractivity contribution in [1.29, 1.82) is 0 Å². The number of benzene rings is 1. The van der Waals surface area contributed by atoms with E-state index in [-0.39, 0.29) is 17.6 Å². The number of allylic oxidation sites excluding steroid dienone is 1. The molecule has 0 bridgehead atoms. The summed E-state index contributed by atoms with van der Waals surface area (Å²) < 4.78 is 5.69. The summed E-state index contributed by atoms with van der Waals surface area (Å²) in [6.07, 6.45) is 5.74. The van der Waals surface area contributed by atoms with Gasteiger partial charge in [-0.3, -0.25) is 4.79 Å². The molecule has 21 heavy (non-hydrogen) atoms. The molecule has 2 N–H and O–H groups in total. The number of carbonyl (C=O) groups is 1. The number of aliphatic carboxylic acids is 1. The van der Waals surface area contributed by atoms with E-state index in [9.17, 15) is 9.90 Å². The number of ether oxygens (including phenoxy) is 1. The summed E-state index contributed by atoms with van der Waals surface area (Å²) in [4.78, 5) is 10.4. The van der Waals surface area contributed by atoms with Crippen LogP contribution in [0.3, 0.4) is 0 Å². The molecule has 0 saturated heterocycles. The van der Waals surface area contributed by atoms with Gasteiger partial charge < -0.3 is 14.9 Å². The number of hydrogen-bond donors (Lipinski definition) is 2. The van der Waals surface area contributed by atoms with E-state index in [4.69, 9.17) is 9.84 Å². The summed E-state index contributed by atoms with van der Waals surface area (Å²) in [5.41, 5.74) is 0.939. The second-order valence-corrected chi connectivity index (χ2v) is 5.84. The van der Waals surface area contributed by atoms with Crippen molar-refractivity contribution in [2.45, 2.75) is 39.7 Å². The van der Waals surface area contributed by atoms with Crippen molar-refractivity contribution in [1.82, 2.24) is 0 Å². The van der Waals surface area contributed by atoms with E-state index < -0.39 is 5.97 Å². The third-order valence-corrected chi connectivity index (χ3v) is 3.01. The van der Waals surface area contributed by atoms with Crippen LogP contribution in [0, 0.1) is 5.41 Å². The summed E-state index contributed by atoms with van der Waals surface area (Å²) in [5.74, 6) is -0.497. The van der Waals surface area contributed by atoms with Gasteiger partial charge in [0, 0.05) is 11.8 Å². The molecule has 0 unspecified atom stereocenters. The summed E-state index contributed by atoms with van der Waals surface area (Å²) in [6.45, 7) is 5.26. The van der Waals surface area contributed by atoms with Gasteiger partial charge in [-0.2, -0.15) is 0 Å². The van der Waals surface area contributed by atoms with Crippen molar-refractivity contribution in [2.24, 2.45) is 5.41 Å². The molecule has 0 radical (unpaired) electrons. The minimum atomic E-state index is -0.750. The second kappa shape index (κ2) is 8.47. The molecule has 116 valence electrons. The third kappa shape index (κ3) is 8.15. The Morgan fingerprint density at radius 3 is 2.57 bits per heavy atom. The van der Waals surface area contributed by atoms with Crippen LogP contribution in [-0.4, -0.2) is 22.8 Å². The maximum Gasteiger partial charge on any atom is 0.303 e. The number of carboxylic acids is 1. The van der Waals surface area contributed by atoms with Crippen LogP contribution >= 0.6 is 0 Å². The van der Waals surface area contributed by atoms with Gasteiger partial charge >= 0.3 is 5.97 Å². The second-order valence-electron chi connectivity index (χ2n) is 5.84. The van der Waals surface area contributed by atoms with E-state index in [2.05, 4.69) is 19.9 Å². The summed E-state index contributed by atoms with van der Waals surface area (Å²) in [5, 5.41) is 17.8. The minimum absolute atomic E-state index is 0.0832. The first kappa shape index (κ1) is 17.2. The SMILES string of the molecule is CC(C)(/C=C\CCCC(=O)O)COCc1ccc(O)cc1. The normalized spacial score (nSPS) is 11.9. The summed E-state index contributed by atoms with van der Waals surface area (Å²) >= 11 is 0. The van der Waals surface area contributed by atoms with Gasteiger partial charge in [0.15, 0.2) is 0 Å². The molecule has 1 aromatic carbocycles. The van der Waals surface area contributed by atoms with Crippen molar-refractivity contribution in [3.63, 3.8) is 0 Å². The lowest BCUT2D eigenvalue weighted by Crippen LogP contribution is -2.16. The molecule has 0 aromatic heterocycles. The smallest absolute Gasteiger partial charge is 0.303 e. The molecular weight excluding hydrogens is 268 g/mol. The molecule has 0 saturated carbocycles. The highest BCUT2D eigenvalue weighted by molar-refractivity contribution is 5.66. The van der Waals surface area contributed by atoms with E-state index in [0.29, 0.717) is 19.6 Å². The molecule has 0 fully saturated rings. The number of carboxylic acid groups (broad SMARTS) is 1. The van der Waals surface area contributed by atoms with Gasteiger partial charge in [-0.25, -0.2) is 0 Å². The number of rotatable bonds is 9. The van der Waals surface area contributed by atoms with Crippen LogP contribution in [-0.2, 0) is 16.1 Å². The van der Waals surface area contributed by atoms with Gasteiger partial charge in [0.25, 0.3) is 0 Å². The number of phenolic OH excluding ortho intramolecular Hbond substituents is 1. The fraction of sp³-hybridized carbons (Fsp3) is 0.471. The molecule has 0 heterocycles. The molecular formula is C17H24O4. The first-order chi connectivity index (χ1) is 9.89. The minimum Gasteiger partial charge on any atom is -0.508 e. The topological polar surface area (TPSA) is 66.8 Å². The van der Waals surface area contributed by atoms with Crippen LogP contribution in [0.4, 0.5) is 0 Å². The molecule has 0 spiro atoms. The Balaban J connectivity index is 2.26. The maximum absolute atomic E-state index is 10.4. The van der Waals surface area contributed by atoms with Crippen LogP contribution < -0.4 is 0 Å². The van der Waals surface area contributed by atoms with E-state index in [1.165, 1.54) is 0 Å². The standard InChI is InChI=1S/C17H24O4/c1-17(2,11-5-3-4-6-16(19)20)13-21-12-14-7-9-15(18)10-8-14/h5,7-11,18H,3-4,6,12-13H2,1-2H3,(H,19,20)/b11-5-. The van der Waals surface area contributed by atoms with Crippen molar-refractivity contribution < 1.29 is 19.7 Å². The van der Waals surface area contributed by atoms with Crippen LogP contribution in [0.2, 0.25) is 0 Å². The zero-order chi connectivity index (χ0) is 15.7. The molecule has 0 aliphatic heterocycles. The average molecular weight is 292 g/mol. The lowest BCUT2D eigenvalue weighted by molar-refractivity contribution is -0.137. The number of phenols is 1. The van der Waals surface area contributed by atoms with E-state index in [1.807, 2.05) is 18.2 Å². The predicted molar refractivity (Wildman–Crippen MR) is 82.2 cm³/mol. The van der Waals surface area contributed by atoms with Crippen molar-refractivity contribution in [3.8, 4) is 5.75 Å². The lowest BCUT2D eigenvalue weighted by Gasteiger charge is -2.20.